The molecule has 6 rings (SSSR count). The summed E-state index contributed by atoms with van der Waals surface area (Å²) in [5.41, 5.74) is 4.98. The number of nitrogens with one attached hydrogen (secondary N) is 2. The van der Waals surface area contributed by atoms with E-state index in [1.165, 1.54) is 16.9 Å². The van der Waals surface area contributed by atoms with E-state index < -0.39 is 0 Å². The van der Waals surface area contributed by atoms with Crippen molar-refractivity contribution >= 4 is 22.5 Å². The van der Waals surface area contributed by atoms with E-state index in [2.05, 4.69) is 55.5 Å². The summed E-state index contributed by atoms with van der Waals surface area (Å²) in [6, 6.07) is 11.6. The summed E-state index contributed by atoms with van der Waals surface area (Å²) in [6.07, 6.45) is 5.76. The van der Waals surface area contributed by atoms with Crippen LogP contribution in [0.25, 0.3) is 10.9 Å². The van der Waals surface area contributed by atoms with Crippen molar-refractivity contribution in [2.75, 3.05) is 36.4 Å². The second kappa shape index (κ2) is 8.25. The molecule has 3 aromatic rings. The Labute approximate surface area is 193 Å². The van der Waals surface area contributed by atoms with Crippen molar-refractivity contribution in [1.29, 1.82) is 5.26 Å². The molecular formula is C25H28N8. The molecular weight excluding hydrogens is 412 g/mol. The fourth-order valence-corrected chi connectivity index (χ4v) is 5.73. The predicted octanol–water partition coefficient (Wildman–Crippen LogP) is 2.31. The molecule has 168 valence electrons. The van der Waals surface area contributed by atoms with Crippen LogP contribution in [-0.2, 0) is 13.0 Å². The number of benzene rings is 1. The molecule has 0 aliphatic carbocycles. The summed E-state index contributed by atoms with van der Waals surface area (Å²) in [5, 5.41) is 17.5. The predicted molar refractivity (Wildman–Crippen MR) is 128 cm³/mol. The number of nitriles is 1. The number of fused-ring (bicyclic) bond motifs is 3. The molecule has 3 atom stereocenters. The van der Waals surface area contributed by atoms with E-state index in [0.717, 1.165) is 62.4 Å². The van der Waals surface area contributed by atoms with Gasteiger partial charge in [-0.25, -0.2) is 9.97 Å². The minimum atomic E-state index is 0.344. The Morgan fingerprint density at radius 3 is 3.03 bits per heavy atom. The van der Waals surface area contributed by atoms with Crippen LogP contribution in [0.4, 0.5) is 11.6 Å². The first-order valence-electron chi connectivity index (χ1n) is 11.8. The number of hydrogen-bond acceptors (Lipinski definition) is 8. The van der Waals surface area contributed by atoms with Gasteiger partial charge in [-0.15, -0.1) is 0 Å². The average Bonchev–Trinajstić information content (AvgIpc) is 3.26. The maximum absolute atomic E-state index is 9.49. The zero-order valence-electron chi connectivity index (χ0n) is 18.8. The molecule has 5 heterocycles. The monoisotopic (exact) mass is 440 g/mol. The van der Waals surface area contributed by atoms with Crippen LogP contribution in [0.15, 0.2) is 36.7 Å². The Morgan fingerprint density at radius 2 is 2.12 bits per heavy atom. The molecule has 8 nitrogen and oxygen atoms in total. The Balaban J connectivity index is 1.21. The molecule has 33 heavy (non-hydrogen) atoms. The van der Waals surface area contributed by atoms with E-state index in [4.69, 9.17) is 4.98 Å². The number of anilines is 2. The van der Waals surface area contributed by atoms with E-state index >= 15 is 0 Å². The molecule has 3 aliphatic heterocycles. The summed E-state index contributed by atoms with van der Waals surface area (Å²) in [4.78, 5) is 19.0. The van der Waals surface area contributed by atoms with Gasteiger partial charge in [-0.2, -0.15) is 5.26 Å². The van der Waals surface area contributed by atoms with Crippen molar-refractivity contribution in [2.24, 2.45) is 0 Å². The average molecular weight is 441 g/mol. The van der Waals surface area contributed by atoms with Crippen LogP contribution in [0.3, 0.4) is 0 Å². The van der Waals surface area contributed by atoms with E-state index in [1.54, 1.807) is 6.20 Å². The SMILES string of the molecule is C[C@@H]1CN(c2ccc(C#N)c3ncccc23)C[C@@H]2C[C@@H](Nc3ncc4c(n3)CCNC4)CN21. The first-order chi connectivity index (χ1) is 16.2. The molecule has 1 aromatic carbocycles. The van der Waals surface area contributed by atoms with Crippen molar-refractivity contribution in [2.45, 2.75) is 44.4 Å². The smallest absolute Gasteiger partial charge is 0.223 e. The molecule has 2 fully saturated rings. The zero-order valence-corrected chi connectivity index (χ0v) is 18.8. The second-order valence-corrected chi connectivity index (χ2v) is 9.42. The van der Waals surface area contributed by atoms with Gasteiger partial charge in [-0.1, -0.05) is 0 Å². The van der Waals surface area contributed by atoms with Crippen molar-refractivity contribution in [3.63, 3.8) is 0 Å². The number of hydrogen-bond donors (Lipinski definition) is 2. The van der Waals surface area contributed by atoms with Gasteiger partial charge in [-0.05, 0) is 37.6 Å². The molecule has 0 saturated carbocycles. The molecule has 3 aliphatic rings. The fourth-order valence-electron chi connectivity index (χ4n) is 5.73. The van der Waals surface area contributed by atoms with Gasteiger partial charge in [0.25, 0.3) is 0 Å². The van der Waals surface area contributed by atoms with Crippen LogP contribution in [0.1, 0.15) is 30.2 Å². The highest BCUT2D eigenvalue weighted by atomic mass is 15.3. The molecule has 2 aromatic heterocycles. The Hall–Kier alpha value is -3.28. The topological polar surface area (TPSA) is 93.0 Å². The highest BCUT2D eigenvalue weighted by Crippen LogP contribution is 2.34. The normalized spacial score (nSPS) is 24.8. The van der Waals surface area contributed by atoms with Crippen LogP contribution in [0.2, 0.25) is 0 Å². The maximum atomic E-state index is 9.49. The highest BCUT2D eigenvalue weighted by Gasteiger charge is 2.40. The van der Waals surface area contributed by atoms with Crippen molar-refractivity contribution in [3.05, 3.63) is 53.5 Å². The number of piperazine rings is 1. The number of aromatic nitrogens is 3. The van der Waals surface area contributed by atoms with Gasteiger partial charge in [0.1, 0.15) is 6.07 Å². The summed E-state index contributed by atoms with van der Waals surface area (Å²) >= 11 is 0. The molecule has 2 N–H and O–H groups in total. The second-order valence-electron chi connectivity index (χ2n) is 9.42. The number of pyridine rings is 1. The van der Waals surface area contributed by atoms with E-state index in [-0.39, 0.29) is 0 Å². The van der Waals surface area contributed by atoms with Crippen LogP contribution in [0.5, 0.6) is 0 Å². The van der Waals surface area contributed by atoms with Gasteiger partial charge in [0.15, 0.2) is 0 Å². The van der Waals surface area contributed by atoms with E-state index in [0.29, 0.717) is 23.7 Å². The molecule has 0 spiro atoms. The van der Waals surface area contributed by atoms with Crippen LogP contribution < -0.4 is 15.5 Å². The largest absolute Gasteiger partial charge is 0.368 e. The third-order valence-electron chi connectivity index (χ3n) is 7.29. The number of nitrogens with zero attached hydrogens (tertiary/aromatic N) is 6. The summed E-state index contributed by atoms with van der Waals surface area (Å²) in [6.45, 7) is 7.10. The Bertz CT molecular complexity index is 1230. The minimum Gasteiger partial charge on any atom is -0.368 e. The lowest BCUT2D eigenvalue weighted by atomic mass is 10.0. The Kier molecular flexibility index (Phi) is 5.08. The molecule has 0 radical (unpaired) electrons. The van der Waals surface area contributed by atoms with Gasteiger partial charge in [0.2, 0.25) is 5.95 Å². The Morgan fingerprint density at radius 1 is 1.18 bits per heavy atom. The van der Waals surface area contributed by atoms with Crippen molar-refractivity contribution < 1.29 is 0 Å². The zero-order chi connectivity index (χ0) is 22.4. The van der Waals surface area contributed by atoms with Crippen molar-refractivity contribution in [3.8, 4) is 6.07 Å². The lowest BCUT2D eigenvalue weighted by Crippen LogP contribution is -2.55. The van der Waals surface area contributed by atoms with Gasteiger partial charge >= 0.3 is 0 Å². The first-order valence-corrected chi connectivity index (χ1v) is 11.8. The quantitative estimate of drug-likeness (QED) is 0.641. The number of rotatable bonds is 3. The van der Waals surface area contributed by atoms with Crippen LogP contribution in [0, 0.1) is 11.3 Å². The highest BCUT2D eigenvalue weighted by molar-refractivity contribution is 5.95. The third-order valence-corrected chi connectivity index (χ3v) is 7.29. The summed E-state index contributed by atoms with van der Waals surface area (Å²) < 4.78 is 0. The third kappa shape index (κ3) is 3.67. The first kappa shape index (κ1) is 20.3. The van der Waals surface area contributed by atoms with Gasteiger partial charge in [0, 0.05) is 86.3 Å². The van der Waals surface area contributed by atoms with Gasteiger partial charge in [0.05, 0.1) is 16.8 Å². The van der Waals surface area contributed by atoms with E-state index in [9.17, 15) is 5.26 Å². The fraction of sp³-hybridized carbons (Fsp3) is 0.440. The molecule has 0 bridgehead atoms. The minimum absolute atomic E-state index is 0.344. The molecule has 8 heteroatoms. The molecule has 0 unspecified atom stereocenters. The summed E-state index contributed by atoms with van der Waals surface area (Å²) in [7, 11) is 0. The van der Waals surface area contributed by atoms with Crippen molar-refractivity contribution in [1.82, 2.24) is 25.2 Å². The van der Waals surface area contributed by atoms with Gasteiger partial charge in [-0.3, -0.25) is 9.88 Å². The molecule has 2 saturated heterocycles. The van der Waals surface area contributed by atoms with Crippen LogP contribution >= 0.6 is 0 Å². The lowest BCUT2D eigenvalue weighted by molar-refractivity contribution is 0.166. The molecule has 0 amide bonds. The van der Waals surface area contributed by atoms with E-state index in [1.807, 2.05) is 18.3 Å². The summed E-state index contributed by atoms with van der Waals surface area (Å²) in [5.74, 6) is 0.758. The van der Waals surface area contributed by atoms with Gasteiger partial charge < -0.3 is 15.5 Å². The maximum Gasteiger partial charge on any atom is 0.223 e. The van der Waals surface area contributed by atoms with Crippen LogP contribution in [-0.4, -0.2) is 64.2 Å². The standard InChI is InChI=1S/C25H28N8/c1-16-13-32(23-5-4-17(10-26)24-21(23)3-2-7-28-24)15-20-9-19(14-33(16)20)30-25-29-12-18-11-27-8-6-22(18)31-25/h2-5,7,12,16,19-20,27H,6,8-9,11,13-15H2,1H3,(H,29,30,31)/t16-,19-,20+/m1/s1. The lowest BCUT2D eigenvalue weighted by Gasteiger charge is -2.43.